The molecule has 0 aromatic heterocycles. The molecule has 0 radical (unpaired) electrons. The molecule has 1 aromatic rings. The van der Waals surface area contributed by atoms with Crippen molar-refractivity contribution in [2.75, 3.05) is 32.5 Å². The molecule has 0 bridgehead atoms. The largest absolute Gasteiger partial charge is 0.496 e. The molecule has 2 N–H and O–H groups in total. The topological polar surface area (TPSA) is 64.8 Å². The number of rotatable bonds is 2. The molecule has 0 spiro atoms. The Morgan fingerprint density at radius 1 is 1.53 bits per heavy atom. The molecule has 1 amide bonds. The SMILES string of the molecule is COc1ccc(N)cc1C(=O)N1CCCOC(C)C1. The quantitative estimate of drug-likeness (QED) is 0.823. The standard InChI is InChI=1S/C14H20N2O3/c1-10-9-16(6-3-7-19-10)14(17)12-8-11(15)4-5-13(12)18-2/h4-5,8,10H,3,6-7,9,15H2,1-2H3. The molecule has 1 fully saturated rings. The number of hydrogen-bond donors (Lipinski definition) is 1. The Kier molecular flexibility index (Phi) is 4.27. The second-order valence-electron chi connectivity index (χ2n) is 4.75. The van der Waals surface area contributed by atoms with Gasteiger partial charge in [0.05, 0.1) is 18.8 Å². The molecule has 1 saturated heterocycles. The Labute approximate surface area is 113 Å². The number of carbonyl (C=O) groups is 1. The second kappa shape index (κ2) is 5.93. The average molecular weight is 264 g/mol. The number of benzene rings is 1. The smallest absolute Gasteiger partial charge is 0.257 e. The fourth-order valence-corrected chi connectivity index (χ4v) is 2.24. The molecule has 104 valence electrons. The zero-order chi connectivity index (χ0) is 13.8. The van der Waals surface area contributed by atoms with Crippen molar-refractivity contribution in [1.29, 1.82) is 0 Å². The molecule has 5 nitrogen and oxygen atoms in total. The van der Waals surface area contributed by atoms with Gasteiger partial charge in [0.15, 0.2) is 0 Å². The summed E-state index contributed by atoms with van der Waals surface area (Å²) in [6.07, 6.45) is 0.902. The first-order valence-electron chi connectivity index (χ1n) is 6.46. The first-order valence-corrected chi connectivity index (χ1v) is 6.46. The number of anilines is 1. The van der Waals surface area contributed by atoms with Crippen molar-refractivity contribution in [1.82, 2.24) is 4.90 Å². The third-order valence-electron chi connectivity index (χ3n) is 3.19. The predicted octanol–water partition coefficient (Wildman–Crippen LogP) is 1.53. The molecule has 1 heterocycles. The van der Waals surface area contributed by atoms with Crippen LogP contribution in [-0.2, 0) is 4.74 Å². The van der Waals surface area contributed by atoms with Crippen LogP contribution in [0.5, 0.6) is 5.75 Å². The van der Waals surface area contributed by atoms with E-state index in [9.17, 15) is 4.79 Å². The molecule has 0 aliphatic carbocycles. The predicted molar refractivity (Wildman–Crippen MR) is 73.3 cm³/mol. The number of amides is 1. The Hall–Kier alpha value is -1.75. The highest BCUT2D eigenvalue weighted by Gasteiger charge is 2.23. The van der Waals surface area contributed by atoms with Crippen LogP contribution in [0.1, 0.15) is 23.7 Å². The fraction of sp³-hybridized carbons (Fsp3) is 0.500. The summed E-state index contributed by atoms with van der Waals surface area (Å²) in [5.74, 6) is 0.499. The Bertz CT molecular complexity index is 462. The zero-order valence-corrected chi connectivity index (χ0v) is 11.4. The average Bonchev–Trinajstić information content (AvgIpc) is 2.62. The summed E-state index contributed by atoms with van der Waals surface area (Å²) < 4.78 is 10.8. The maximum Gasteiger partial charge on any atom is 0.257 e. The van der Waals surface area contributed by atoms with Crippen LogP contribution in [0, 0.1) is 0 Å². The van der Waals surface area contributed by atoms with E-state index in [2.05, 4.69) is 0 Å². The van der Waals surface area contributed by atoms with Gasteiger partial charge in [-0.15, -0.1) is 0 Å². The van der Waals surface area contributed by atoms with Crippen LogP contribution in [0.25, 0.3) is 0 Å². The van der Waals surface area contributed by atoms with Crippen molar-refractivity contribution in [3.8, 4) is 5.75 Å². The van der Waals surface area contributed by atoms with E-state index in [-0.39, 0.29) is 12.0 Å². The third-order valence-corrected chi connectivity index (χ3v) is 3.19. The third kappa shape index (κ3) is 3.17. The lowest BCUT2D eigenvalue weighted by molar-refractivity contribution is 0.0561. The van der Waals surface area contributed by atoms with E-state index in [4.69, 9.17) is 15.2 Å². The fourth-order valence-electron chi connectivity index (χ4n) is 2.24. The van der Waals surface area contributed by atoms with Crippen LogP contribution in [0.2, 0.25) is 0 Å². The summed E-state index contributed by atoms with van der Waals surface area (Å²) in [4.78, 5) is 14.4. The molecular weight excluding hydrogens is 244 g/mol. The van der Waals surface area contributed by atoms with Gasteiger partial charge in [-0.25, -0.2) is 0 Å². The van der Waals surface area contributed by atoms with Crippen molar-refractivity contribution < 1.29 is 14.3 Å². The summed E-state index contributed by atoms with van der Waals surface area (Å²) >= 11 is 0. The number of ether oxygens (including phenoxy) is 2. The molecule has 5 heteroatoms. The van der Waals surface area contributed by atoms with Gasteiger partial charge in [0.25, 0.3) is 5.91 Å². The van der Waals surface area contributed by atoms with E-state index in [0.29, 0.717) is 36.7 Å². The van der Waals surface area contributed by atoms with E-state index < -0.39 is 0 Å². The molecule has 2 rings (SSSR count). The van der Waals surface area contributed by atoms with E-state index in [0.717, 1.165) is 6.42 Å². The first-order chi connectivity index (χ1) is 9.11. The second-order valence-corrected chi connectivity index (χ2v) is 4.75. The maximum absolute atomic E-state index is 12.6. The van der Waals surface area contributed by atoms with Gasteiger partial charge in [0.1, 0.15) is 5.75 Å². The minimum Gasteiger partial charge on any atom is -0.496 e. The minimum atomic E-state index is -0.0542. The van der Waals surface area contributed by atoms with Crippen LogP contribution < -0.4 is 10.5 Å². The lowest BCUT2D eigenvalue weighted by Gasteiger charge is -2.23. The number of nitrogen functional groups attached to an aromatic ring is 1. The molecular formula is C14H20N2O3. The summed E-state index contributed by atoms with van der Waals surface area (Å²) in [6.45, 7) is 3.96. The minimum absolute atomic E-state index is 0.0542. The first kappa shape index (κ1) is 13.7. The van der Waals surface area contributed by atoms with Crippen LogP contribution in [0.3, 0.4) is 0 Å². The number of methoxy groups -OCH3 is 1. The lowest BCUT2D eigenvalue weighted by Crippen LogP contribution is -2.36. The summed E-state index contributed by atoms with van der Waals surface area (Å²) in [5.41, 5.74) is 6.83. The highest BCUT2D eigenvalue weighted by atomic mass is 16.5. The molecule has 1 aromatic carbocycles. The van der Waals surface area contributed by atoms with Gasteiger partial charge in [-0.1, -0.05) is 0 Å². The molecule has 19 heavy (non-hydrogen) atoms. The van der Waals surface area contributed by atoms with E-state index in [1.165, 1.54) is 0 Å². The summed E-state index contributed by atoms with van der Waals surface area (Å²) in [7, 11) is 1.55. The van der Waals surface area contributed by atoms with Gasteiger partial charge in [0.2, 0.25) is 0 Å². The Balaban J connectivity index is 2.24. The molecule has 1 unspecified atom stereocenters. The van der Waals surface area contributed by atoms with E-state index in [1.54, 1.807) is 30.2 Å². The van der Waals surface area contributed by atoms with Gasteiger partial charge in [-0.05, 0) is 31.5 Å². The van der Waals surface area contributed by atoms with Crippen LogP contribution in [0.15, 0.2) is 18.2 Å². The monoisotopic (exact) mass is 264 g/mol. The van der Waals surface area contributed by atoms with Gasteiger partial charge >= 0.3 is 0 Å². The number of nitrogens with two attached hydrogens (primary N) is 1. The number of nitrogens with zero attached hydrogens (tertiary/aromatic N) is 1. The van der Waals surface area contributed by atoms with Crippen molar-refractivity contribution in [3.05, 3.63) is 23.8 Å². The number of carbonyl (C=O) groups excluding carboxylic acids is 1. The van der Waals surface area contributed by atoms with Crippen LogP contribution in [0.4, 0.5) is 5.69 Å². The van der Waals surface area contributed by atoms with E-state index >= 15 is 0 Å². The molecule has 1 aliphatic rings. The van der Waals surface area contributed by atoms with Crippen molar-refractivity contribution in [2.45, 2.75) is 19.4 Å². The van der Waals surface area contributed by atoms with Crippen LogP contribution in [-0.4, -0.2) is 43.7 Å². The van der Waals surface area contributed by atoms with Gasteiger partial charge in [-0.2, -0.15) is 0 Å². The highest BCUT2D eigenvalue weighted by Crippen LogP contribution is 2.23. The number of hydrogen-bond acceptors (Lipinski definition) is 4. The summed E-state index contributed by atoms with van der Waals surface area (Å²) in [5, 5.41) is 0. The van der Waals surface area contributed by atoms with Crippen molar-refractivity contribution >= 4 is 11.6 Å². The van der Waals surface area contributed by atoms with Gasteiger partial charge in [0, 0.05) is 25.4 Å². The van der Waals surface area contributed by atoms with Crippen LogP contribution >= 0.6 is 0 Å². The highest BCUT2D eigenvalue weighted by molar-refractivity contribution is 5.97. The maximum atomic E-state index is 12.6. The Morgan fingerprint density at radius 2 is 2.32 bits per heavy atom. The zero-order valence-electron chi connectivity index (χ0n) is 11.4. The molecule has 0 saturated carbocycles. The molecule has 1 atom stereocenters. The Morgan fingerprint density at radius 3 is 3.05 bits per heavy atom. The van der Waals surface area contributed by atoms with Gasteiger partial charge < -0.3 is 20.1 Å². The molecule has 1 aliphatic heterocycles. The van der Waals surface area contributed by atoms with Gasteiger partial charge in [-0.3, -0.25) is 4.79 Å². The van der Waals surface area contributed by atoms with Crippen molar-refractivity contribution in [2.24, 2.45) is 0 Å². The lowest BCUT2D eigenvalue weighted by atomic mass is 10.1. The van der Waals surface area contributed by atoms with E-state index in [1.807, 2.05) is 6.92 Å². The van der Waals surface area contributed by atoms with Crippen molar-refractivity contribution in [3.63, 3.8) is 0 Å². The summed E-state index contributed by atoms with van der Waals surface area (Å²) in [6, 6.07) is 5.11. The normalized spacial score (nSPS) is 19.9.